The standard InChI is InChI=1S/C20H22O5/c1-24-16-7-4-14(5-8-16)20(23)25-17-9-2-13(3-10-17)18-11-6-15(21)12-19(18)22/h4-8,11-13,17,21-22H,2-3,9-10H2,1H3/t13-,17-. The zero-order chi connectivity index (χ0) is 17.8. The lowest BCUT2D eigenvalue weighted by molar-refractivity contribution is 0.0194. The van der Waals surface area contributed by atoms with Crippen molar-refractivity contribution < 1.29 is 24.5 Å². The summed E-state index contributed by atoms with van der Waals surface area (Å²) < 4.78 is 10.7. The molecule has 1 aliphatic rings. The van der Waals surface area contributed by atoms with E-state index in [-0.39, 0.29) is 29.5 Å². The highest BCUT2D eigenvalue weighted by molar-refractivity contribution is 5.89. The molecule has 25 heavy (non-hydrogen) atoms. The number of carbonyl (C=O) groups is 1. The molecular formula is C20H22O5. The van der Waals surface area contributed by atoms with Crippen LogP contribution in [-0.2, 0) is 4.74 Å². The van der Waals surface area contributed by atoms with Crippen LogP contribution in [0.2, 0.25) is 0 Å². The number of hydrogen-bond acceptors (Lipinski definition) is 5. The maximum absolute atomic E-state index is 12.2. The van der Waals surface area contributed by atoms with Crippen LogP contribution in [0.4, 0.5) is 0 Å². The number of esters is 1. The molecular weight excluding hydrogens is 320 g/mol. The molecule has 0 spiro atoms. The Morgan fingerprint density at radius 2 is 1.68 bits per heavy atom. The minimum Gasteiger partial charge on any atom is -0.508 e. The van der Waals surface area contributed by atoms with E-state index in [4.69, 9.17) is 9.47 Å². The van der Waals surface area contributed by atoms with E-state index in [1.165, 1.54) is 6.07 Å². The SMILES string of the molecule is COc1ccc(C(=O)O[C@H]2CC[C@H](c3ccc(O)cc3O)CC2)cc1. The molecule has 2 N–H and O–H groups in total. The van der Waals surface area contributed by atoms with Gasteiger partial charge in [-0.05, 0) is 67.5 Å². The summed E-state index contributed by atoms with van der Waals surface area (Å²) in [6, 6.07) is 11.6. The Kier molecular flexibility index (Phi) is 5.12. The summed E-state index contributed by atoms with van der Waals surface area (Å²) in [5.74, 6) is 0.780. The maximum atomic E-state index is 12.2. The first kappa shape index (κ1) is 17.1. The molecule has 0 bridgehead atoms. The molecule has 5 heteroatoms. The first-order valence-electron chi connectivity index (χ1n) is 8.43. The predicted molar refractivity (Wildman–Crippen MR) is 93.2 cm³/mol. The summed E-state index contributed by atoms with van der Waals surface area (Å²) in [4.78, 5) is 12.2. The Balaban J connectivity index is 1.55. The zero-order valence-corrected chi connectivity index (χ0v) is 14.1. The van der Waals surface area contributed by atoms with Crippen LogP contribution in [0.15, 0.2) is 42.5 Å². The van der Waals surface area contributed by atoms with Gasteiger partial charge in [0.25, 0.3) is 0 Å². The number of benzene rings is 2. The third-order valence-corrected chi connectivity index (χ3v) is 4.73. The molecule has 0 unspecified atom stereocenters. The molecule has 132 valence electrons. The average Bonchev–Trinajstić information content (AvgIpc) is 2.63. The lowest BCUT2D eigenvalue weighted by Gasteiger charge is -2.29. The number of rotatable bonds is 4. The first-order valence-corrected chi connectivity index (χ1v) is 8.43. The number of aromatic hydroxyl groups is 2. The van der Waals surface area contributed by atoms with E-state index < -0.39 is 0 Å². The second kappa shape index (κ2) is 7.47. The molecule has 0 radical (unpaired) electrons. The van der Waals surface area contributed by atoms with Gasteiger partial charge in [-0.2, -0.15) is 0 Å². The Morgan fingerprint density at radius 1 is 1.00 bits per heavy atom. The second-order valence-corrected chi connectivity index (χ2v) is 6.35. The van der Waals surface area contributed by atoms with Crippen LogP contribution >= 0.6 is 0 Å². The fourth-order valence-electron chi connectivity index (χ4n) is 3.32. The van der Waals surface area contributed by atoms with Gasteiger partial charge in [0.2, 0.25) is 0 Å². The minimum absolute atomic E-state index is 0.0587. The topological polar surface area (TPSA) is 76.0 Å². The molecule has 0 heterocycles. The van der Waals surface area contributed by atoms with Gasteiger partial charge < -0.3 is 19.7 Å². The highest BCUT2D eigenvalue weighted by Crippen LogP contribution is 2.39. The van der Waals surface area contributed by atoms with Crippen LogP contribution in [0.5, 0.6) is 17.2 Å². The number of hydrogen-bond donors (Lipinski definition) is 2. The van der Waals surface area contributed by atoms with Crippen LogP contribution < -0.4 is 4.74 Å². The van der Waals surface area contributed by atoms with Crippen LogP contribution in [-0.4, -0.2) is 29.4 Å². The monoisotopic (exact) mass is 342 g/mol. The molecule has 1 aliphatic carbocycles. The molecule has 2 aromatic carbocycles. The van der Waals surface area contributed by atoms with Gasteiger partial charge in [-0.25, -0.2) is 4.79 Å². The van der Waals surface area contributed by atoms with E-state index in [0.29, 0.717) is 11.3 Å². The summed E-state index contributed by atoms with van der Waals surface area (Å²) in [5, 5.41) is 19.4. The lowest BCUT2D eigenvalue weighted by Crippen LogP contribution is -2.24. The average molecular weight is 342 g/mol. The lowest BCUT2D eigenvalue weighted by atomic mass is 9.82. The second-order valence-electron chi connectivity index (χ2n) is 6.35. The van der Waals surface area contributed by atoms with Gasteiger partial charge in [0.15, 0.2) is 0 Å². The van der Waals surface area contributed by atoms with E-state index in [1.807, 2.05) is 0 Å². The molecule has 3 rings (SSSR count). The highest BCUT2D eigenvalue weighted by Gasteiger charge is 2.26. The molecule has 0 aliphatic heterocycles. The summed E-state index contributed by atoms with van der Waals surface area (Å²) >= 11 is 0. The molecule has 0 atom stereocenters. The minimum atomic E-state index is -0.321. The molecule has 0 aromatic heterocycles. The highest BCUT2D eigenvalue weighted by atomic mass is 16.5. The fourth-order valence-corrected chi connectivity index (χ4v) is 3.32. The molecule has 5 nitrogen and oxygen atoms in total. The summed E-state index contributed by atoms with van der Waals surface area (Å²) in [5.41, 5.74) is 1.36. The van der Waals surface area contributed by atoms with Crippen molar-refractivity contribution in [2.75, 3.05) is 7.11 Å². The number of phenols is 2. The van der Waals surface area contributed by atoms with Crippen LogP contribution in [0.1, 0.15) is 47.5 Å². The van der Waals surface area contributed by atoms with Crippen LogP contribution in [0.3, 0.4) is 0 Å². The van der Waals surface area contributed by atoms with Crippen molar-refractivity contribution in [1.29, 1.82) is 0 Å². The molecule has 1 saturated carbocycles. The number of phenolic OH excluding ortho intramolecular Hbond substituents is 2. The van der Waals surface area contributed by atoms with Crippen molar-refractivity contribution in [3.8, 4) is 17.2 Å². The Morgan fingerprint density at radius 3 is 2.28 bits per heavy atom. The summed E-state index contributed by atoms with van der Waals surface area (Å²) in [6.45, 7) is 0. The first-order chi connectivity index (χ1) is 12.1. The van der Waals surface area contributed by atoms with Crippen molar-refractivity contribution in [3.05, 3.63) is 53.6 Å². The van der Waals surface area contributed by atoms with Gasteiger partial charge >= 0.3 is 5.97 Å². The predicted octanol–water partition coefficient (Wildman–Crippen LogP) is 3.99. The van der Waals surface area contributed by atoms with Crippen molar-refractivity contribution in [1.82, 2.24) is 0 Å². The molecule has 0 saturated heterocycles. The van der Waals surface area contributed by atoms with Gasteiger partial charge in [0, 0.05) is 6.07 Å². The largest absolute Gasteiger partial charge is 0.508 e. The van der Waals surface area contributed by atoms with Crippen LogP contribution in [0, 0.1) is 0 Å². The Hall–Kier alpha value is -2.69. The van der Waals surface area contributed by atoms with Gasteiger partial charge in [-0.1, -0.05) is 6.07 Å². The van der Waals surface area contributed by atoms with E-state index in [1.54, 1.807) is 43.5 Å². The van der Waals surface area contributed by atoms with Gasteiger partial charge in [0.05, 0.1) is 12.7 Å². The third-order valence-electron chi connectivity index (χ3n) is 4.73. The van der Waals surface area contributed by atoms with Crippen molar-refractivity contribution in [2.45, 2.75) is 37.7 Å². The van der Waals surface area contributed by atoms with E-state index >= 15 is 0 Å². The van der Waals surface area contributed by atoms with E-state index in [9.17, 15) is 15.0 Å². The van der Waals surface area contributed by atoms with Gasteiger partial charge in [-0.15, -0.1) is 0 Å². The molecule has 1 fully saturated rings. The Bertz CT molecular complexity index is 730. The quantitative estimate of drug-likeness (QED) is 0.822. The van der Waals surface area contributed by atoms with Crippen LogP contribution in [0.25, 0.3) is 0 Å². The number of ether oxygens (including phenoxy) is 2. The Labute approximate surface area is 146 Å². The van der Waals surface area contributed by atoms with Gasteiger partial charge in [0.1, 0.15) is 23.4 Å². The number of carbonyl (C=O) groups excluding carboxylic acids is 1. The maximum Gasteiger partial charge on any atom is 0.338 e. The van der Waals surface area contributed by atoms with Crippen molar-refractivity contribution in [2.24, 2.45) is 0 Å². The zero-order valence-electron chi connectivity index (χ0n) is 14.1. The van der Waals surface area contributed by atoms with Crippen molar-refractivity contribution in [3.63, 3.8) is 0 Å². The fraction of sp³-hybridized carbons (Fsp3) is 0.350. The normalized spacial score (nSPS) is 20.0. The van der Waals surface area contributed by atoms with E-state index in [2.05, 4.69) is 0 Å². The molecule has 2 aromatic rings. The van der Waals surface area contributed by atoms with E-state index in [0.717, 1.165) is 31.2 Å². The smallest absolute Gasteiger partial charge is 0.338 e. The van der Waals surface area contributed by atoms with Crippen molar-refractivity contribution >= 4 is 5.97 Å². The van der Waals surface area contributed by atoms with Gasteiger partial charge in [-0.3, -0.25) is 0 Å². The third kappa shape index (κ3) is 4.05. The summed E-state index contributed by atoms with van der Waals surface area (Å²) in [6.07, 6.45) is 3.07. The molecule has 0 amide bonds. The summed E-state index contributed by atoms with van der Waals surface area (Å²) in [7, 11) is 1.58. The number of methoxy groups -OCH3 is 1.